The predicted octanol–water partition coefficient (Wildman–Crippen LogP) is 16.9. The molecule has 0 radical (unpaired) electrons. The molecule has 1 unspecified atom stereocenters. The molecule has 1 atom stereocenters. The van der Waals surface area contributed by atoms with Crippen LogP contribution in [0.1, 0.15) is 74.9 Å². The summed E-state index contributed by atoms with van der Waals surface area (Å²) >= 11 is 0. The molecule has 1 N–H and O–H groups in total. The smallest absolute Gasteiger partial charge is 0.159 e. The van der Waals surface area contributed by atoms with Gasteiger partial charge in [-0.3, -0.25) is 48.1 Å². The number of imidazole rings is 3. The summed E-state index contributed by atoms with van der Waals surface area (Å²) in [5, 5.41) is 10.2. The number of nitrogens with zero attached hydrogens (tertiary/aromatic N) is 15. The van der Waals surface area contributed by atoms with E-state index in [1.165, 1.54) is 29.8 Å². The van der Waals surface area contributed by atoms with Gasteiger partial charge in [0.15, 0.2) is 16.9 Å². The average molecular weight is 1490 g/mol. The first-order valence-corrected chi connectivity index (χ1v) is 37.1. The average Bonchev–Trinajstić information content (AvgIpc) is 1.68. The van der Waals surface area contributed by atoms with Crippen LogP contribution >= 0.6 is 0 Å². The number of hydrogen-bond acceptors (Lipinski definition) is 15. The third-order valence-corrected chi connectivity index (χ3v) is 19.7. The van der Waals surface area contributed by atoms with Crippen LogP contribution in [0.5, 0.6) is 11.5 Å². The van der Waals surface area contributed by atoms with Crippen LogP contribution in [0, 0.1) is 51.0 Å². The molecule has 0 aliphatic carbocycles. The van der Waals surface area contributed by atoms with E-state index in [1.807, 2.05) is 115 Å². The van der Waals surface area contributed by atoms with Crippen LogP contribution in [0.4, 0.5) is 17.6 Å². The lowest BCUT2D eigenvalue weighted by molar-refractivity contribution is 0.114. The number of aromatic nitrogens is 13. The van der Waals surface area contributed by atoms with Gasteiger partial charge in [0, 0.05) is 145 Å². The summed E-state index contributed by atoms with van der Waals surface area (Å²) in [5.41, 5.74) is 21.8. The monoisotopic (exact) mass is 1490 g/mol. The van der Waals surface area contributed by atoms with E-state index < -0.39 is 23.3 Å². The number of piperidine rings is 1. The number of rotatable bonds is 22. The van der Waals surface area contributed by atoms with Gasteiger partial charge in [0.1, 0.15) is 58.9 Å². The Morgan fingerprint density at radius 3 is 1.46 bits per heavy atom. The summed E-state index contributed by atoms with van der Waals surface area (Å²) in [6.45, 7) is 11.5. The second kappa shape index (κ2) is 34.6. The molecule has 111 heavy (non-hydrogen) atoms. The molecule has 18 nitrogen and oxygen atoms in total. The molecule has 0 bridgehead atoms. The molecule has 0 saturated carbocycles. The van der Waals surface area contributed by atoms with Crippen molar-refractivity contribution in [2.24, 2.45) is 0 Å². The molecular formula is C89H85F4N15O3. The van der Waals surface area contributed by atoms with Gasteiger partial charge < -0.3 is 24.4 Å². The van der Waals surface area contributed by atoms with Crippen LogP contribution in [0.3, 0.4) is 0 Å². The molecule has 1 saturated heterocycles. The maximum atomic E-state index is 13.9. The fourth-order valence-electron chi connectivity index (χ4n) is 14.0. The third kappa shape index (κ3) is 18.2. The zero-order valence-corrected chi connectivity index (χ0v) is 63.0. The maximum absolute atomic E-state index is 13.9. The molecule has 10 aromatic heterocycles. The second-order valence-electron chi connectivity index (χ2n) is 28.4. The van der Waals surface area contributed by atoms with E-state index in [9.17, 15) is 22.7 Å². The summed E-state index contributed by atoms with van der Waals surface area (Å²) in [7, 11) is 6.17. The zero-order chi connectivity index (χ0) is 77.1. The maximum Gasteiger partial charge on any atom is 0.159 e. The fraction of sp³-hybridized carbons (Fsp3) is 0.236. The molecule has 1 fully saturated rings. The Bertz CT molecular complexity index is 5720. The molecule has 562 valence electrons. The number of pyridine rings is 4. The summed E-state index contributed by atoms with van der Waals surface area (Å²) in [6, 6.07) is 43.9. The van der Waals surface area contributed by atoms with Crippen molar-refractivity contribution in [2.75, 3.05) is 54.0 Å². The van der Waals surface area contributed by atoms with Crippen LogP contribution in [-0.2, 0) is 32.1 Å². The highest BCUT2D eigenvalue weighted by Crippen LogP contribution is 2.36. The number of benzene rings is 5. The fourth-order valence-corrected chi connectivity index (χ4v) is 14.0. The lowest BCUT2D eigenvalue weighted by atomic mass is 9.94. The number of fused-ring (bicyclic) bond motifs is 3. The van der Waals surface area contributed by atoms with Crippen LogP contribution in [0.25, 0.3) is 84.5 Å². The van der Waals surface area contributed by atoms with Gasteiger partial charge >= 0.3 is 0 Å². The number of aliphatic hydroxyl groups is 1. The number of likely N-dealkylation sites (N-methyl/N-ethyl adjacent to an activating group) is 1. The first-order chi connectivity index (χ1) is 53.9. The Balaban J connectivity index is 0.000000139. The van der Waals surface area contributed by atoms with Crippen LogP contribution in [0.15, 0.2) is 226 Å². The van der Waals surface area contributed by atoms with Gasteiger partial charge in [-0.1, -0.05) is 83.9 Å². The highest BCUT2D eigenvalue weighted by molar-refractivity contribution is 5.71. The summed E-state index contributed by atoms with van der Waals surface area (Å²) in [5.74, 6) is -1.08. The zero-order valence-electron chi connectivity index (χ0n) is 63.0. The van der Waals surface area contributed by atoms with E-state index in [1.54, 1.807) is 49.6 Å². The van der Waals surface area contributed by atoms with E-state index >= 15 is 0 Å². The molecule has 1 aliphatic heterocycles. The number of hydrogen-bond donors (Lipinski definition) is 1. The van der Waals surface area contributed by atoms with Gasteiger partial charge in [0.25, 0.3) is 0 Å². The van der Waals surface area contributed by atoms with E-state index in [2.05, 4.69) is 132 Å². The van der Waals surface area contributed by atoms with Crippen molar-refractivity contribution >= 4 is 16.9 Å². The molecule has 0 amide bonds. The van der Waals surface area contributed by atoms with Crippen molar-refractivity contribution in [1.82, 2.24) is 72.8 Å². The SMILES string of the molecule is Cc1cc(-c2ncc(C(CO)Cc3nccn4c(-c5ccccc5)cnc34)cc2C)ccn1.Cc1cccc(-c2ncc(CCc3nccn4c(-c5cc(F)cc(F)c5)cnc34)cc2OC2CCN(C)CC2)c1.Cc1cccc(-c2ncc(CCc3nccn4c(-c5cc(F)cc(F)c5)cnc34)cc2OCCN(C)C)c1. The Morgan fingerprint density at radius 1 is 0.459 bits per heavy atom. The highest BCUT2D eigenvalue weighted by atomic mass is 19.1. The molecule has 16 rings (SSSR count). The molecular weight excluding hydrogens is 1400 g/mol. The van der Waals surface area contributed by atoms with Crippen LogP contribution < -0.4 is 9.47 Å². The summed E-state index contributed by atoms with van der Waals surface area (Å²) in [6.07, 6.45) is 28.5. The van der Waals surface area contributed by atoms with Crippen molar-refractivity contribution in [3.05, 3.63) is 306 Å². The summed E-state index contributed by atoms with van der Waals surface area (Å²) in [4.78, 5) is 50.5. The van der Waals surface area contributed by atoms with E-state index in [4.69, 9.17) is 24.4 Å². The quantitative estimate of drug-likeness (QED) is 0.0631. The van der Waals surface area contributed by atoms with Crippen molar-refractivity contribution in [3.63, 3.8) is 0 Å². The first kappa shape index (κ1) is 75.6. The van der Waals surface area contributed by atoms with Crippen LogP contribution in [-0.4, -0.2) is 138 Å². The van der Waals surface area contributed by atoms with E-state index in [0.29, 0.717) is 72.5 Å². The lowest BCUT2D eigenvalue weighted by Gasteiger charge is -2.30. The Morgan fingerprint density at radius 2 is 0.946 bits per heavy atom. The number of likely N-dealkylation sites (tertiary alicyclic amines) is 1. The van der Waals surface area contributed by atoms with Crippen molar-refractivity contribution < 1.29 is 32.1 Å². The topological polar surface area (TPSA) is 187 Å². The van der Waals surface area contributed by atoms with Gasteiger partial charge in [-0.25, -0.2) is 32.5 Å². The Hall–Kier alpha value is -12.2. The molecule has 0 spiro atoms. The minimum absolute atomic E-state index is 0.00379. The van der Waals surface area contributed by atoms with Crippen molar-refractivity contribution in [3.8, 4) is 79.0 Å². The number of aliphatic hydroxyl groups excluding tert-OH is 1. The van der Waals surface area contributed by atoms with Gasteiger partial charge in [-0.05, 0) is 170 Å². The minimum atomic E-state index is -0.630. The molecule has 1 aliphatic rings. The summed E-state index contributed by atoms with van der Waals surface area (Å²) < 4.78 is 73.8. The molecule has 22 heteroatoms. The van der Waals surface area contributed by atoms with Crippen LogP contribution in [0.2, 0.25) is 0 Å². The van der Waals surface area contributed by atoms with E-state index in [-0.39, 0.29) is 18.6 Å². The van der Waals surface area contributed by atoms with Gasteiger partial charge in [-0.2, -0.15) is 0 Å². The van der Waals surface area contributed by atoms with Gasteiger partial charge in [-0.15, -0.1) is 0 Å². The Labute approximate surface area is 641 Å². The third-order valence-electron chi connectivity index (χ3n) is 19.7. The van der Waals surface area contributed by atoms with Crippen molar-refractivity contribution in [1.29, 1.82) is 0 Å². The second-order valence-corrected chi connectivity index (χ2v) is 28.4. The normalized spacial score (nSPS) is 12.8. The standard InChI is InChI=1S/C32H31F2N5O.C30H29F2N5O.C27H25N5O/c1-21-4-3-5-23(14-21)31-30(40-27-8-11-38(2)12-9-27)15-22(19-36-31)6-7-28-32-37-20-29(39(32)13-10-35-28)24-16-25(33)18-26(34)17-24;1-20-5-4-6-22(13-20)29-28(38-12-11-36(2)3)14-21(18-34-29)7-8-26-30-35-19-27(37(30)10-9-33-26)23-15-24(31)17-25(32)16-23;1-18-12-22(15-30-26(18)21-8-9-28-19(2)13-21)23(17-33)14-24-27-31-16-25(32(27)11-10-29-24)20-6-4-3-5-7-20/h3-5,10,13-20,27H,6-9,11-12H2,1-2H3;4-6,9-10,13-19H,7-8,11-12H2,1-3H3;3-13,15-16,23,33H,14,17H2,1-2H3. The van der Waals surface area contributed by atoms with E-state index in [0.717, 1.165) is 157 Å². The number of ether oxygens (including phenoxy) is 2. The minimum Gasteiger partial charge on any atom is -0.490 e. The lowest BCUT2D eigenvalue weighted by Crippen LogP contribution is -2.35. The largest absolute Gasteiger partial charge is 0.490 e. The van der Waals surface area contributed by atoms with Gasteiger partial charge in [0.2, 0.25) is 0 Å². The number of halogens is 4. The molecule has 15 aromatic rings. The number of aryl methyl sites for hydroxylation is 8. The molecule has 5 aromatic carbocycles. The Kier molecular flexibility index (Phi) is 23.5. The van der Waals surface area contributed by atoms with Crippen molar-refractivity contribution in [2.45, 2.75) is 84.7 Å². The highest BCUT2D eigenvalue weighted by Gasteiger charge is 2.24. The molecule has 11 heterocycles. The first-order valence-electron chi connectivity index (χ1n) is 37.1. The predicted molar refractivity (Wildman–Crippen MR) is 424 cm³/mol. The van der Waals surface area contributed by atoms with Gasteiger partial charge in [0.05, 0.1) is 65.1 Å².